The van der Waals surface area contributed by atoms with E-state index in [2.05, 4.69) is 40.7 Å². The number of nitrogens with zero attached hydrogens (tertiary/aromatic N) is 1. The van der Waals surface area contributed by atoms with Crippen LogP contribution in [0, 0.1) is 0 Å². The van der Waals surface area contributed by atoms with Gasteiger partial charge >= 0.3 is 0 Å². The molecule has 1 fully saturated rings. The molecule has 1 saturated heterocycles. The molecule has 1 heterocycles. The van der Waals surface area contributed by atoms with Gasteiger partial charge in [-0.05, 0) is 54.4 Å². The summed E-state index contributed by atoms with van der Waals surface area (Å²) < 4.78 is 1.38. The van der Waals surface area contributed by atoms with Crippen LogP contribution in [-0.4, -0.2) is 28.7 Å². The lowest BCUT2D eigenvalue weighted by Gasteiger charge is -2.39. The first-order chi connectivity index (χ1) is 8.39. The van der Waals surface area contributed by atoms with E-state index in [1.165, 1.54) is 5.69 Å². The van der Waals surface area contributed by atoms with Gasteiger partial charge in [0.2, 0.25) is 0 Å². The summed E-state index contributed by atoms with van der Waals surface area (Å²) in [5.74, 6) is 1.16. The maximum absolute atomic E-state index is 9.59. The van der Waals surface area contributed by atoms with Crippen molar-refractivity contribution in [3.05, 3.63) is 28.2 Å². The number of halogens is 1. The number of rotatable bonds is 2. The molecular weight excluding hydrogens is 310 g/mol. The minimum Gasteiger partial charge on any atom is -0.389 e. The van der Waals surface area contributed by atoms with E-state index in [0.29, 0.717) is 4.75 Å². The number of hydrogen-bond acceptors (Lipinski definition) is 3. The number of anilines is 1. The lowest BCUT2D eigenvalue weighted by Crippen LogP contribution is -2.43. The van der Waals surface area contributed by atoms with E-state index >= 15 is 0 Å². The zero-order chi connectivity index (χ0) is 13.3. The predicted octanol–water partition coefficient (Wildman–Crippen LogP) is 3.83. The van der Waals surface area contributed by atoms with Crippen LogP contribution < -0.4 is 4.90 Å². The minimum absolute atomic E-state index is 0.306. The Morgan fingerprint density at radius 2 is 2.17 bits per heavy atom. The van der Waals surface area contributed by atoms with Crippen LogP contribution >= 0.6 is 27.7 Å². The van der Waals surface area contributed by atoms with Crippen LogP contribution in [0.15, 0.2) is 22.7 Å². The van der Waals surface area contributed by atoms with Crippen molar-refractivity contribution in [3.8, 4) is 0 Å². The fourth-order valence-electron chi connectivity index (χ4n) is 2.26. The zero-order valence-corrected chi connectivity index (χ0v) is 13.5. The molecule has 0 bridgehead atoms. The lowest BCUT2D eigenvalue weighted by atomic mass is 10.1. The van der Waals surface area contributed by atoms with Crippen LogP contribution in [-0.2, 0) is 0 Å². The van der Waals surface area contributed by atoms with E-state index in [0.717, 1.165) is 28.9 Å². The third-order valence-electron chi connectivity index (χ3n) is 3.22. The zero-order valence-electron chi connectivity index (χ0n) is 11.1. The molecule has 100 valence electrons. The normalized spacial score (nSPS) is 20.8. The van der Waals surface area contributed by atoms with Gasteiger partial charge in [-0.25, -0.2) is 0 Å². The number of aliphatic hydroxyl groups is 1. The molecule has 0 spiro atoms. The molecule has 1 aliphatic heterocycles. The molecule has 2 rings (SSSR count). The van der Waals surface area contributed by atoms with Crippen molar-refractivity contribution in [2.45, 2.75) is 31.6 Å². The average molecular weight is 330 g/mol. The molecule has 1 aromatic rings. The Morgan fingerprint density at radius 3 is 2.72 bits per heavy atom. The van der Waals surface area contributed by atoms with Crippen LogP contribution in [0.25, 0.3) is 0 Å². The average Bonchev–Trinajstić information content (AvgIpc) is 2.27. The molecule has 1 aromatic carbocycles. The van der Waals surface area contributed by atoms with Gasteiger partial charge in [0.05, 0.1) is 11.8 Å². The van der Waals surface area contributed by atoms with Crippen LogP contribution in [0.5, 0.6) is 0 Å². The van der Waals surface area contributed by atoms with Gasteiger partial charge < -0.3 is 10.0 Å². The molecule has 1 N–H and O–H groups in total. The van der Waals surface area contributed by atoms with Gasteiger partial charge in [-0.3, -0.25) is 0 Å². The quantitative estimate of drug-likeness (QED) is 0.891. The summed E-state index contributed by atoms with van der Waals surface area (Å²) in [5, 5.41) is 9.59. The monoisotopic (exact) mass is 329 g/mol. The Kier molecular flexibility index (Phi) is 4.29. The first-order valence-electron chi connectivity index (χ1n) is 6.25. The minimum atomic E-state index is -0.413. The molecule has 0 saturated carbocycles. The number of hydrogen-bond donors (Lipinski definition) is 1. The van der Waals surface area contributed by atoms with E-state index in [1.54, 1.807) is 6.92 Å². The van der Waals surface area contributed by atoms with Crippen molar-refractivity contribution in [2.24, 2.45) is 0 Å². The van der Waals surface area contributed by atoms with Gasteiger partial charge in [-0.1, -0.05) is 6.07 Å². The third kappa shape index (κ3) is 3.22. The Bertz CT molecular complexity index is 434. The molecular formula is C14H20BrNOS. The van der Waals surface area contributed by atoms with Crippen LogP contribution in [0.2, 0.25) is 0 Å². The second kappa shape index (κ2) is 5.43. The summed E-state index contributed by atoms with van der Waals surface area (Å²) in [6.45, 7) is 8.52. The van der Waals surface area contributed by atoms with Gasteiger partial charge in [-0.15, -0.1) is 0 Å². The number of aliphatic hydroxyl groups excluding tert-OH is 1. The smallest absolute Gasteiger partial charge is 0.0762 e. The van der Waals surface area contributed by atoms with Gasteiger partial charge in [0.1, 0.15) is 0 Å². The van der Waals surface area contributed by atoms with Crippen molar-refractivity contribution in [2.75, 3.05) is 23.7 Å². The van der Waals surface area contributed by atoms with Crippen molar-refractivity contribution in [3.63, 3.8) is 0 Å². The molecule has 0 amide bonds. The van der Waals surface area contributed by atoms with E-state index in [4.69, 9.17) is 0 Å². The molecule has 1 atom stereocenters. The first kappa shape index (κ1) is 14.2. The Balaban J connectivity index is 2.23. The highest BCUT2D eigenvalue weighted by atomic mass is 79.9. The molecule has 0 aliphatic carbocycles. The molecule has 2 nitrogen and oxygen atoms in total. The van der Waals surface area contributed by atoms with Crippen LogP contribution in [0.1, 0.15) is 32.4 Å². The topological polar surface area (TPSA) is 23.5 Å². The number of thioether (sulfide) groups is 1. The highest BCUT2D eigenvalue weighted by Gasteiger charge is 2.28. The third-order valence-corrected chi connectivity index (χ3v) is 5.15. The lowest BCUT2D eigenvalue weighted by molar-refractivity contribution is 0.199. The van der Waals surface area contributed by atoms with E-state index in [-0.39, 0.29) is 0 Å². The summed E-state index contributed by atoms with van der Waals surface area (Å²) in [7, 11) is 0. The predicted molar refractivity (Wildman–Crippen MR) is 83.5 cm³/mol. The van der Waals surface area contributed by atoms with E-state index in [1.807, 2.05) is 23.9 Å². The van der Waals surface area contributed by atoms with E-state index in [9.17, 15) is 5.11 Å². The largest absolute Gasteiger partial charge is 0.389 e. The second-order valence-electron chi connectivity index (χ2n) is 5.42. The van der Waals surface area contributed by atoms with Crippen molar-refractivity contribution in [1.82, 2.24) is 0 Å². The molecule has 0 aromatic heterocycles. The fraction of sp³-hybridized carbons (Fsp3) is 0.571. The van der Waals surface area contributed by atoms with Crippen LogP contribution in [0.4, 0.5) is 5.69 Å². The Hall–Kier alpha value is -0.190. The summed E-state index contributed by atoms with van der Waals surface area (Å²) in [4.78, 5) is 2.42. The second-order valence-corrected chi connectivity index (χ2v) is 8.07. The SMILES string of the molecule is CC(O)c1ccc(N2CCSC(C)(C)C2)c(Br)c1. The van der Waals surface area contributed by atoms with Gasteiger partial charge in [0.15, 0.2) is 0 Å². The fourth-order valence-corrected chi connectivity index (χ4v) is 4.02. The van der Waals surface area contributed by atoms with Crippen molar-refractivity contribution >= 4 is 33.4 Å². The molecule has 4 heteroatoms. The van der Waals surface area contributed by atoms with Crippen molar-refractivity contribution in [1.29, 1.82) is 0 Å². The number of benzene rings is 1. The summed E-state index contributed by atoms with van der Waals surface area (Å²) in [6, 6.07) is 6.15. The van der Waals surface area contributed by atoms with Gasteiger partial charge in [0, 0.05) is 28.1 Å². The molecule has 18 heavy (non-hydrogen) atoms. The van der Waals surface area contributed by atoms with E-state index < -0.39 is 6.10 Å². The van der Waals surface area contributed by atoms with Gasteiger partial charge in [-0.2, -0.15) is 11.8 Å². The summed E-state index contributed by atoms with van der Waals surface area (Å²) >= 11 is 5.66. The summed E-state index contributed by atoms with van der Waals surface area (Å²) in [5.41, 5.74) is 2.18. The highest BCUT2D eigenvalue weighted by molar-refractivity contribution is 9.10. The first-order valence-corrected chi connectivity index (χ1v) is 8.03. The maximum Gasteiger partial charge on any atom is 0.0762 e. The molecule has 1 aliphatic rings. The molecule has 0 radical (unpaired) electrons. The van der Waals surface area contributed by atoms with Crippen LogP contribution in [0.3, 0.4) is 0 Å². The maximum atomic E-state index is 9.59. The summed E-state index contributed by atoms with van der Waals surface area (Å²) in [6.07, 6.45) is -0.413. The Labute approximate surface area is 122 Å². The Morgan fingerprint density at radius 1 is 1.44 bits per heavy atom. The highest BCUT2D eigenvalue weighted by Crippen LogP contribution is 2.36. The van der Waals surface area contributed by atoms with Crippen molar-refractivity contribution < 1.29 is 5.11 Å². The molecule has 1 unspecified atom stereocenters. The van der Waals surface area contributed by atoms with Gasteiger partial charge in [0.25, 0.3) is 0 Å². The standard InChI is InChI=1S/C14H20BrNOS/c1-10(17)11-4-5-13(12(15)8-11)16-6-7-18-14(2,3)9-16/h4-5,8,10,17H,6-7,9H2,1-3H3.